The molecule has 1 aliphatic carbocycles. The van der Waals surface area contributed by atoms with Crippen LogP contribution in [0.1, 0.15) is 142 Å². The van der Waals surface area contributed by atoms with E-state index >= 15 is 0 Å². The summed E-state index contributed by atoms with van der Waals surface area (Å²) in [4.78, 5) is 9.95. The first-order chi connectivity index (χ1) is 18.2. The van der Waals surface area contributed by atoms with Crippen LogP contribution in [0.15, 0.2) is 34.3 Å². The molecule has 4 nitrogen and oxygen atoms in total. The molecule has 0 aliphatic heterocycles. The Hall–Kier alpha value is -2.62. The van der Waals surface area contributed by atoms with Crippen LogP contribution in [0.2, 0.25) is 0 Å². The molecule has 4 heteroatoms. The molecule has 0 aromatic heterocycles. The molecule has 0 radical (unpaired) electrons. The lowest BCUT2D eigenvalue weighted by Gasteiger charge is -2.32. The maximum atomic E-state index is 13.5. The fourth-order valence-electron chi connectivity index (χ4n) is 5.27. The molecule has 0 N–H and O–H groups in total. The quantitative estimate of drug-likeness (QED) is 0.367. The first kappa shape index (κ1) is 31.9. The molecule has 3 rings (SSSR count). The highest BCUT2D eigenvalue weighted by Crippen LogP contribution is 2.37. The van der Waals surface area contributed by atoms with E-state index in [0.29, 0.717) is 11.1 Å². The number of nitrogens with zero attached hydrogens (tertiary/aromatic N) is 2. The van der Waals surface area contributed by atoms with Gasteiger partial charge in [-0.25, -0.2) is 0 Å². The molecular formula is C36H52N2O2-2. The minimum Gasteiger partial charge on any atom is -0.872 e. The van der Waals surface area contributed by atoms with Gasteiger partial charge in [0, 0.05) is 12.4 Å². The zero-order valence-electron chi connectivity index (χ0n) is 27.2. The van der Waals surface area contributed by atoms with Crippen molar-refractivity contribution >= 4 is 12.4 Å². The lowest BCUT2D eigenvalue weighted by molar-refractivity contribution is -0.270. The first-order valence-corrected chi connectivity index (χ1v) is 15.0. The zero-order chi connectivity index (χ0) is 30.3. The van der Waals surface area contributed by atoms with Crippen LogP contribution in [0.4, 0.5) is 0 Å². The smallest absolute Gasteiger partial charge is 0.0723 e. The van der Waals surface area contributed by atoms with Crippen molar-refractivity contribution in [3.8, 4) is 11.5 Å². The van der Waals surface area contributed by atoms with E-state index in [-0.39, 0.29) is 45.2 Å². The lowest BCUT2D eigenvalue weighted by Crippen LogP contribution is -2.27. The molecule has 0 spiro atoms. The van der Waals surface area contributed by atoms with Crippen molar-refractivity contribution in [3.05, 3.63) is 57.6 Å². The normalized spacial score (nSPS) is 19.6. The number of rotatable bonds is 4. The van der Waals surface area contributed by atoms with Crippen molar-refractivity contribution in [3.63, 3.8) is 0 Å². The molecule has 1 saturated carbocycles. The van der Waals surface area contributed by atoms with Gasteiger partial charge in [0.25, 0.3) is 0 Å². The predicted octanol–water partition coefficient (Wildman–Crippen LogP) is 7.87. The van der Waals surface area contributed by atoms with E-state index in [1.807, 2.05) is 12.1 Å². The van der Waals surface area contributed by atoms with Crippen LogP contribution >= 0.6 is 0 Å². The van der Waals surface area contributed by atoms with Crippen LogP contribution in [0.25, 0.3) is 0 Å². The molecule has 2 aromatic rings. The molecule has 0 saturated heterocycles. The topological polar surface area (TPSA) is 70.8 Å². The molecule has 220 valence electrons. The fourth-order valence-corrected chi connectivity index (χ4v) is 5.27. The average Bonchev–Trinajstić information content (AvgIpc) is 2.80. The molecule has 0 unspecified atom stereocenters. The van der Waals surface area contributed by atoms with Crippen LogP contribution in [0.5, 0.6) is 11.5 Å². The van der Waals surface area contributed by atoms with E-state index in [0.717, 1.165) is 47.9 Å². The Balaban J connectivity index is 2.00. The van der Waals surface area contributed by atoms with Crippen LogP contribution in [-0.4, -0.2) is 24.5 Å². The highest BCUT2D eigenvalue weighted by Gasteiger charge is 2.26. The average molecular weight is 545 g/mol. The summed E-state index contributed by atoms with van der Waals surface area (Å²) in [5.74, 6) is 0.120. The van der Waals surface area contributed by atoms with E-state index in [1.165, 1.54) is 0 Å². The molecule has 2 aromatic carbocycles. The molecule has 1 aliphatic rings. The van der Waals surface area contributed by atoms with Crippen molar-refractivity contribution in [2.45, 2.75) is 143 Å². The van der Waals surface area contributed by atoms with E-state index in [2.05, 4.69) is 95.2 Å². The molecule has 0 bridgehead atoms. The Morgan fingerprint density at radius 2 is 0.875 bits per heavy atom. The second kappa shape index (κ2) is 11.3. The minimum atomic E-state index is -0.248. The van der Waals surface area contributed by atoms with Gasteiger partial charge in [-0.2, -0.15) is 0 Å². The van der Waals surface area contributed by atoms with Gasteiger partial charge in [-0.1, -0.05) is 132 Å². The first-order valence-electron chi connectivity index (χ1n) is 15.0. The highest BCUT2D eigenvalue weighted by atomic mass is 16.3. The van der Waals surface area contributed by atoms with Gasteiger partial charge in [-0.3, -0.25) is 9.98 Å². The van der Waals surface area contributed by atoms with Gasteiger partial charge in [0.05, 0.1) is 12.1 Å². The van der Waals surface area contributed by atoms with Gasteiger partial charge >= 0.3 is 0 Å². The Kier molecular flexibility index (Phi) is 9.04. The third-order valence-electron chi connectivity index (χ3n) is 8.09. The summed E-state index contributed by atoms with van der Waals surface area (Å²) in [6.45, 7) is 25.6. The van der Waals surface area contributed by atoms with Gasteiger partial charge in [-0.15, -0.1) is 0 Å². The van der Waals surface area contributed by atoms with Gasteiger partial charge in [-0.05, 0) is 67.9 Å². The predicted molar refractivity (Wildman–Crippen MR) is 168 cm³/mol. The molecule has 1 fully saturated rings. The van der Waals surface area contributed by atoms with Crippen LogP contribution < -0.4 is 10.2 Å². The van der Waals surface area contributed by atoms with Crippen LogP contribution in [0, 0.1) is 0 Å². The van der Waals surface area contributed by atoms with Crippen LogP contribution in [0.3, 0.4) is 0 Å². The second-order valence-corrected chi connectivity index (χ2v) is 15.9. The number of hydrogen-bond donors (Lipinski definition) is 0. The number of benzene rings is 2. The van der Waals surface area contributed by atoms with Crippen molar-refractivity contribution < 1.29 is 10.2 Å². The van der Waals surface area contributed by atoms with Crippen molar-refractivity contribution in [1.29, 1.82) is 0 Å². The largest absolute Gasteiger partial charge is 0.872 e. The summed E-state index contributed by atoms with van der Waals surface area (Å²) in [6.07, 6.45) is 7.63. The Morgan fingerprint density at radius 3 is 1.15 bits per heavy atom. The third-order valence-corrected chi connectivity index (χ3v) is 8.09. The summed E-state index contributed by atoms with van der Waals surface area (Å²) in [5.41, 5.74) is 4.62. The molecule has 40 heavy (non-hydrogen) atoms. The number of aliphatic imine (C=N–C) groups is 2. The van der Waals surface area contributed by atoms with E-state index in [4.69, 9.17) is 9.98 Å². The summed E-state index contributed by atoms with van der Waals surface area (Å²) >= 11 is 0. The van der Waals surface area contributed by atoms with Gasteiger partial charge < -0.3 is 10.2 Å². The van der Waals surface area contributed by atoms with Crippen LogP contribution in [-0.2, 0) is 21.7 Å². The van der Waals surface area contributed by atoms with Crippen molar-refractivity contribution in [1.82, 2.24) is 0 Å². The maximum absolute atomic E-state index is 13.5. The standard InChI is InChI=1S/C36H54N2O2/c1-33(2,3)25-17-23(31(39)27(19-25)35(7,8)9)21-37-29-15-13-14-16-30(29)38-22-24-18-26(34(4,5)6)20-28(32(24)40)36(10,11)12/h17-22,29-30,39-40H,13-16H2,1-12H3/p-2/t29-,30-/m1/s1. The number of hydrogen-bond acceptors (Lipinski definition) is 4. The van der Waals surface area contributed by atoms with E-state index in [1.54, 1.807) is 12.4 Å². The zero-order valence-corrected chi connectivity index (χ0v) is 27.2. The second-order valence-electron chi connectivity index (χ2n) is 15.9. The fraction of sp³-hybridized carbons (Fsp3) is 0.611. The molecular weight excluding hydrogens is 492 g/mol. The van der Waals surface area contributed by atoms with Crippen molar-refractivity contribution in [2.75, 3.05) is 0 Å². The monoisotopic (exact) mass is 544 g/mol. The molecule has 2 atom stereocenters. The molecule has 0 amide bonds. The van der Waals surface area contributed by atoms with Gasteiger partial charge in [0.1, 0.15) is 0 Å². The van der Waals surface area contributed by atoms with Crippen molar-refractivity contribution in [2.24, 2.45) is 9.98 Å². The Morgan fingerprint density at radius 1 is 0.550 bits per heavy atom. The summed E-state index contributed by atoms with van der Waals surface area (Å²) in [5, 5.41) is 26.9. The SMILES string of the molecule is CC(C)(C)c1cc(C=N[C@@H]2CCCC[C@H]2N=Cc2cc(C(C)(C)C)cc(C(C)(C)C)c2[O-])c([O-])c(C(C)(C)C)c1. The minimum absolute atomic E-state index is 0.0104. The van der Waals surface area contributed by atoms with E-state index in [9.17, 15) is 10.2 Å². The summed E-state index contributed by atoms with van der Waals surface area (Å²) < 4.78 is 0. The Labute approximate surface area is 244 Å². The summed E-state index contributed by atoms with van der Waals surface area (Å²) in [6, 6.07) is 8.15. The highest BCUT2D eigenvalue weighted by molar-refractivity contribution is 5.86. The Bertz CT molecular complexity index is 1160. The van der Waals surface area contributed by atoms with E-state index < -0.39 is 0 Å². The summed E-state index contributed by atoms with van der Waals surface area (Å²) in [7, 11) is 0. The molecule has 0 heterocycles. The van der Waals surface area contributed by atoms with Gasteiger partial charge in [0.15, 0.2) is 0 Å². The lowest BCUT2D eigenvalue weighted by atomic mass is 9.79. The van der Waals surface area contributed by atoms with Gasteiger partial charge in [0.2, 0.25) is 0 Å². The maximum Gasteiger partial charge on any atom is 0.0723 e. The third kappa shape index (κ3) is 7.56.